The topological polar surface area (TPSA) is 113 Å². The lowest BCUT2D eigenvalue weighted by Gasteiger charge is -2.19. The summed E-state index contributed by atoms with van der Waals surface area (Å²) in [5.41, 5.74) is 0. The molecule has 4 amide bonds. The number of carbonyl (C=O) groups excluding carboxylic acids is 5. The van der Waals surface area contributed by atoms with E-state index in [0.29, 0.717) is 0 Å². The van der Waals surface area contributed by atoms with E-state index in [0.717, 1.165) is 17.1 Å². The number of nitrogens with one attached hydrogen (secondary N) is 2. The van der Waals surface area contributed by atoms with Gasteiger partial charge in [0.15, 0.2) is 5.78 Å². The second-order valence-corrected chi connectivity index (χ2v) is 5.99. The highest BCUT2D eigenvalue weighted by Gasteiger charge is 2.25. The number of imide groups is 1. The lowest BCUT2D eigenvalue weighted by atomic mass is 10.0. The molecule has 0 saturated carbocycles. The molecule has 146 valence electrons. The first-order valence-electron chi connectivity index (χ1n) is 8.80. The van der Waals surface area contributed by atoms with Gasteiger partial charge in [0.2, 0.25) is 11.8 Å². The first kappa shape index (κ1) is 23.5. The van der Waals surface area contributed by atoms with Crippen molar-refractivity contribution < 1.29 is 24.0 Å². The van der Waals surface area contributed by atoms with Crippen LogP contribution in [0.3, 0.4) is 0 Å². The molecule has 0 radical (unpaired) electrons. The van der Waals surface area contributed by atoms with Gasteiger partial charge in [0, 0.05) is 31.0 Å². The number of rotatable bonds is 8. The summed E-state index contributed by atoms with van der Waals surface area (Å²) in [5.74, 6) is -2.15. The number of amides is 4. The number of Topliss-reactive ketones (excluding diaryl/α,β-unsaturated/α-hetero) is 1. The van der Waals surface area contributed by atoms with Crippen LogP contribution in [0.25, 0.3) is 0 Å². The summed E-state index contributed by atoms with van der Waals surface area (Å²) < 4.78 is 0. The molecule has 0 aliphatic carbocycles. The van der Waals surface area contributed by atoms with Gasteiger partial charge in [0.05, 0.1) is 6.04 Å². The first-order chi connectivity index (χ1) is 12.1. The van der Waals surface area contributed by atoms with Gasteiger partial charge in [-0.2, -0.15) is 0 Å². The van der Waals surface area contributed by atoms with Crippen LogP contribution in [0.4, 0.5) is 0 Å². The van der Waals surface area contributed by atoms with Crippen LogP contribution < -0.4 is 10.6 Å². The minimum absolute atomic E-state index is 0.0485. The Labute approximate surface area is 154 Å². The van der Waals surface area contributed by atoms with Crippen molar-refractivity contribution in [1.29, 1.82) is 0 Å². The molecule has 8 heteroatoms. The Morgan fingerprint density at radius 3 is 1.88 bits per heavy atom. The Hall–Kier alpha value is -2.51. The van der Waals surface area contributed by atoms with Crippen molar-refractivity contribution in [3.8, 4) is 0 Å². The summed E-state index contributed by atoms with van der Waals surface area (Å²) in [7, 11) is 0. The van der Waals surface area contributed by atoms with Crippen molar-refractivity contribution >= 4 is 29.4 Å². The van der Waals surface area contributed by atoms with Crippen LogP contribution in [0.2, 0.25) is 0 Å². The van der Waals surface area contributed by atoms with E-state index in [-0.39, 0.29) is 24.7 Å². The van der Waals surface area contributed by atoms with E-state index >= 15 is 0 Å². The zero-order chi connectivity index (χ0) is 20.4. The lowest BCUT2D eigenvalue weighted by Crippen LogP contribution is -2.50. The highest BCUT2D eigenvalue weighted by Crippen LogP contribution is 2.04. The molecule has 2 atom stereocenters. The fourth-order valence-electron chi connectivity index (χ4n) is 2.15. The van der Waals surface area contributed by atoms with Crippen LogP contribution in [0.5, 0.6) is 0 Å². The fourth-order valence-corrected chi connectivity index (χ4v) is 2.15. The third-order valence-electron chi connectivity index (χ3n) is 3.59. The summed E-state index contributed by atoms with van der Waals surface area (Å²) in [5, 5.41) is 5.02. The molecular weight excluding hydrogens is 338 g/mol. The molecule has 0 aromatic rings. The van der Waals surface area contributed by atoms with Gasteiger partial charge in [-0.05, 0) is 13.8 Å². The zero-order valence-corrected chi connectivity index (χ0v) is 16.3. The van der Waals surface area contributed by atoms with Crippen LogP contribution in [-0.2, 0) is 24.0 Å². The number of nitrogens with zero attached hydrogens (tertiary/aromatic N) is 1. The highest BCUT2D eigenvalue weighted by molar-refractivity contribution is 6.13. The van der Waals surface area contributed by atoms with Crippen molar-refractivity contribution in [3.05, 3.63) is 12.2 Å². The van der Waals surface area contributed by atoms with Gasteiger partial charge >= 0.3 is 0 Å². The lowest BCUT2D eigenvalue weighted by molar-refractivity contribution is -0.137. The number of carbonyl (C=O) groups is 5. The number of hydrogen-bond acceptors (Lipinski definition) is 5. The Bertz CT molecular complexity index is 565. The minimum Gasteiger partial charge on any atom is -0.345 e. The third-order valence-corrected chi connectivity index (χ3v) is 3.59. The minimum atomic E-state index is -0.831. The molecule has 1 rings (SSSR count). The predicted molar refractivity (Wildman–Crippen MR) is 96.9 cm³/mol. The largest absolute Gasteiger partial charge is 0.345 e. The molecule has 0 aromatic carbocycles. The maximum absolute atomic E-state index is 12.0. The van der Waals surface area contributed by atoms with Gasteiger partial charge in [-0.3, -0.25) is 28.9 Å². The maximum Gasteiger partial charge on any atom is 0.253 e. The van der Waals surface area contributed by atoms with Gasteiger partial charge in [-0.1, -0.05) is 27.7 Å². The standard InChI is InChI=1S/C16H23N3O5.C2H6/c1-9(2)15(23)10(3)18-16(24)11(4)17-12(20)7-8-19-13(21)5-6-14(19)22;1-2/h5-6,9-11H,7-8H2,1-4H3,(H,17,20)(H,18,24);1-2H3/t10-,11-;/m0./s1. The molecule has 2 N–H and O–H groups in total. The van der Waals surface area contributed by atoms with E-state index in [1.54, 1.807) is 20.8 Å². The maximum atomic E-state index is 12.0. The van der Waals surface area contributed by atoms with E-state index in [4.69, 9.17) is 0 Å². The molecule has 0 saturated heterocycles. The Morgan fingerprint density at radius 2 is 1.42 bits per heavy atom. The molecule has 0 unspecified atom stereocenters. The van der Waals surface area contributed by atoms with Gasteiger partial charge < -0.3 is 10.6 Å². The molecular formula is C18H29N3O5. The smallest absolute Gasteiger partial charge is 0.253 e. The summed E-state index contributed by atoms with van der Waals surface area (Å²) in [6, 6.07) is -1.47. The van der Waals surface area contributed by atoms with E-state index in [9.17, 15) is 24.0 Å². The Kier molecular flexibility index (Phi) is 10.1. The van der Waals surface area contributed by atoms with Crippen molar-refractivity contribution in [1.82, 2.24) is 15.5 Å². The molecule has 0 spiro atoms. The third kappa shape index (κ3) is 7.16. The second kappa shape index (κ2) is 11.2. The molecule has 0 aromatic heterocycles. The first-order valence-corrected chi connectivity index (χ1v) is 8.80. The van der Waals surface area contributed by atoms with Crippen molar-refractivity contribution in [3.63, 3.8) is 0 Å². The SMILES string of the molecule is CC.CC(C)C(=O)[C@H](C)NC(=O)[C@H](C)NC(=O)CCN1C(=O)C=CC1=O. The highest BCUT2D eigenvalue weighted by atomic mass is 16.2. The molecule has 0 fully saturated rings. The summed E-state index contributed by atoms with van der Waals surface area (Å²) in [6.07, 6.45) is 2.18. The predicted octanol–water partition coefficient (Wildman–Crippen LogP) is 0.562. The van der Waals surface area contributed by atoms with Gasteiger partial charge in [-0.25, -0.2) is 0 Å². The molecule has 0 bridgehead atoms. The monoisotopic (exact) mass is 367 g/mol. The van der Waals surface area contributed by atoms with Gasteiger partial charge in [0.25, 0.3) is 11.8 Å². The summed E-state index contributed by atoms with van der Waals surface area (Å²) >= 11 is 0. The summed E-state index contributed by atoms with van der Waals surface area (Å²) in [6.45, 7) is 10.5. The van der Waals surface area contributed by atoms with Crippen LogP contribution in [0.1, 0.15) is 48.0 Å². The molecule has 26 heavy (non-hydrogen) atoms. The average molecular weight is 367 g/mol. The molecule has 1 aliphatic rings. The van der Waals surface area contributed by atoms with Crippen LogP contribution in [-0.4, -0.2) is 52.9 Å². The average Bonchev–Trinajstić information content (AvgIpc) is 2.91. The fraction of sp³-hybridized carbons (Fsp3) is 0.611. The second-order valence-electron chi connectivity index (χ2n) is 5.99. The van der Waals surface area contributed by atoms with Crippen molar-refractivity contribution in [2.45, 2.75) is 60.0 Å². The number of ketones is 1. The van der Waals surface area contributed by atoms with Gasteiger partial charge in [-0.15, -0.1) is 0 Å². The van der Waals surface area contributed by atoms with E-state index < -0.39 is 35.7 Å². The molecule has 1 aliphatic heterocycles. The Morgan fingerprint density at radius 1 is 0.923 bits per heavy atom. The van der Waals surface area contributed by atoms with E-state index in [2.05, 4.69) is 10.6 Å². The summed E-state index contributed by atoms with van der Waals surface area (Å²) in [4.78, 5) is 59.2. The van der Waals surface area contributed by atoms with Crippen LogP contribution >= 0.6 is 0 Å². The zero-order valence-electron chi connectivity index (χ0n) is 16.3. The van der Waals surface area contributed by atoms with E-state index in [1.807, 2.05) is 13.8 Å². The quantitative estimate of drug-likeness (QED) is 0.609. The van der Waals surface area contributed by atoms with Crippen LogP contribution in [0.15, 0.2) is 12.2 Å². The van der Waals surface area contributed by atoms with E-state index in [1.165, 1.54) is 6.92 Å². The van der Waals surface area contributed by atoms with Gasteiger partial charge in [0.1, 0.15) is 6.04 Å². The van der Waals surface area contributed by atoms with Crippen molar-refractivity contribution in [2.24, 2.45) is 5.92 Å². The molecule has 1 heterocycles. The Balaban J connectivity index is 0.00000301. The van der Waals surface area contributed by atoms with Crippen molar-refractivity contribution in [2.75, 3.05) is 6.54 Å². The van der Waals surface area contributed by atoms with Crippen LogP contribution in [0, 0.1) is 5.92 Å². The number of hydrogen-bond donors (Lipinski definition) is 2. The normalized spacial score (nSPS) is 15.3. The molecule has 8 nitrogen and oxygen atoms in total.